The van der Waals surface area contributed by atoms with Crippen LogP contribution in [-0.2, 0) is 9.59 Å². The molecule has 4 rings (SSSR count). The summed E-state index contributed by atoms with van der Waals surface area (Å²) in [6, 6.07) is 14.5. The van der Waals surface area contributed by atoms with Gasteiger partial charge in [-0.05, 0) is 49.9 Å². The van der Waals surface area contributed by atoms with Crippen LogP contribution in [0.15, 0.2) is 48.5 Å². The number of carbonyl (C=O) groups excluding carboxylic acids is 3. The third-order valence-corrected chi connectivity index (χ3v) is 6.56. The van der Waals surface area contributed by atoms with Crippen molar-refractivity contribution in [1.82, 2.24) is 10.2 Å². The SMILES string of the molecule is CCCCN1C(=O)CC[C@@H](C(=O)Nc2cccc(C(=O)NC3CC3)c2)[C@H]1c1ccccc1OC. The van der Waals surface area contributed by atoms with Gasteiger partial charge in [-0.3, -0.25) is 14.4 Å². The number of hydrogen-bond acceptors (Lipinski definition) is 4. The summed E-state index contributed by atoms with van der Waals surface area (Å²) < 4.78 is 5.60. The largest absolute Gasteiger partial charge is 0.496 e. The Hall–Kier alpha value is -3.35. The van der Waals surface area contributed by atoms with Gasteiger partial charge in [0.2, 0.25) is 11.8 Å². The fourth-order valence-corrected chi connectivity index (χ4v) is 4.58. The number of para-hydroxylation sites is 1. The van der Waals surface area contributed by atoms with Crippen molar-refractivity contribution in [3.05, 3.63) is 59.7 Å². The zero-order chi connectivity index (χ0) is 24.1. The highest BCUT2D eigenvalue weighted by Gasteiger charge is 2.41. The van der Waals surface area contributed by atoms with Gasteiger partial charge in [0.05, 0.1) is 19.1 Å². The summed E-state index contributed by atoms with van der Waals surface area (Å²) in [6.45, 7) is 2.68. The molecule has 1 aliphatic carbocycles. The van der Waals surface area contributed by atoms with Gasteiger partial charge in [0.1, 0.15) is 5.75 Å². The van der Waals surface area contributed by atoms with E-state index in [4.69, 9.17) is 4.74 Å². The van der Waals surface area contributed by atoms with Crippen molar-refractivity contribution in [2.24, 2.45) is 5.92 Å². The minimum atomic E-state index is -0.435. The number of amides is 3. The molecule has 2 fully saturated rings. The second-order valence-corrected chi connectivity index (χ2v) is 9.09. The number of piperidine rings is 1. The molecule has 1 saturated carbocycles. The smallest absolute Gasteiger partial charge is 0.251 e. The highest BCUT2D eigenvalue weighted by atomic mass is 16.5. The van der Waals surface area contributed by atoms with Gasteiger partial charge in [0.25, 0.3) is 5.91 Å². The number of nitrogens with one attached hydrogen (secondary N) is 2. The number of rotatable bonds is 9. The molecule has 0 bridgehead atoms. The van der Waals surface area contributed by atoms with Crippen LogP contribution in [0.25, 0.3) is 0 Å². The van der Waals surface area contributed by atoms with Crippen molar-refractivity contribution in [1.29, 1.82) is 0 Å². The first-order chi connectivity index (χ1) is 16.5. The zero-order valence-electron chi connectivity index (χ0n) is 19.9. The van der Waals surface area contributed by atoms with E-state index in [1.807, 2.05) is 29.2 Å². The zero-order valence-corrected chi connectivity index (χ0v) is 19.9. The molecular weight excluding hydrogens is 430 g/mol. The predicted octanol–water partition coefficient (Wildman–Crippen LogP) is 4.31. The van der Waals surface area contributed by atoms with Gasteiger partial charge in [0, 0.05) is 35.8 Å². The van der Waals surface area contributed by atoms with Gasteiger partial charge in [-0.25, -0.2) is 0 Å². The summed E-state index contributed by atoms with van der Waals surface area (Å²) in [4.78, 5) is 40.8. The molecular formula is C27H33N3O4. The molecule has 1 aliphatic heterocycles. The topological polar surface area (TPSA) is 87.7 Å². The molecule has 2 atom stereocenters. The fourth-order valence-electron chi connectivity index (χ4n) is 4.58. The van der Waals surface area contributed by atoms with Gasteiger partial charge in [-0.1, -0.05) is 37.6 Å². The molecule has 7 nitrogen and oxygen atoms in total. The average molecular weight is 464 g/mol. The van der Waals surface area contributed by atoms with Crippen molar-refractivity contribution in [3.63, 3.8) is 0 Å². The van der Waals surface area contributed by atoms with E-state index in [-0.39, 0.29) is 23.8 Å². The number of benzene rings is 2. The molecule has 0 spiro atoms. The Morgan fingerprint density at radius 2 is 1.88 bits per heavy atom. The van der Waals surface area contributed by atoms with Crippen LogP contribution in [0.3, 0.4) is 0 Å². The van der Waals surface area contributed by atoms with Crippen LogP contribution in [0.2, 0.25) is 0 Å². The molecule has 2 aromatic rings. The molecule has 34 heavy (non-hydrogen) atoms. The van der Waals surface area contributed by atoms with E-state index in [1.54, 1.807) is 31.4 Å². The lowest BCUT2D eigenvalue weighted by atomic mass is 9.83. The predicted molar refractivity (Wildman–Crippen MR) is 131 cm³/mol. The number of unbranched alkanes of at least 4 members (excludes halogenated alkanes) is 1. The number of carbonyl (C=O) groups is 3. The number of methoxy groups -OCH3 is 1. The Bertz CT molecular complexity index is 1050. The van der Waals surface area contributed by atoms with Crippen molar-refractivity contribution in [2.75, 3.05) is 19.0 Å². The van der Waals surface area contributed by atoms with Crippen molar-refractivity contribution in [3.8, 4) is 5.75 Å². The van der Waals surface area contributed by atoms with Crippen molar-refractivity contribution in [2.45, 2.75) is 57.5 Å². The van der Waals surface area contributed by atoms with E-state index in [2.05, 4.69) is 17.6 Å². The van der Waals surface area contributed by atoms with Crippen LogP contribution in [-0.4, -0.2) is 42.3 Å². The molecule has 0 radical (unpaired) electrons. The number of likely N-dealkylation sites (tertiary alicyclic amines) is 1. The molecule has 1 saturated heterocycles. The summed E-state index contributed by atoms with van der Waals surface area (Å²) in [6.07, 6.45) is 4.64. The van der Waals surface area contributed by atoms with E-state index < -0.39 is 12.0 Å². The third-order valence-electron chi connectivity index (χ3n) is 6.56. The normalized spacial score (nSPS) is 20.1. The quantitative estimate of drug-likeness (QED) is 0.580. The monoisotopic (exact) mass is 463 g/mol. The lowest BCUT2D eigenvalue weighted by Crippen LogP contribution is -2.47. The number of nitrogens with zero attached hydrogens (tertiary/aromatic N) is 1. The lowest BCUT2D eigenvalue weighted by molar-refractivity contribution is -0.142. The minimum absolute atomic E-state index is 0.0622. The van der Waals surface area contributed by atoms with E-state index in [0.29, 0.717) is 36.4 Å². The third kappa shape index (κ3) is 5.41. The van der Waals surface area contributed by atoms with Gasteiger partial charge < -0.3 is 20.3 Å². The average Bonchev–Trinajstić information content (AvgIpc) is 3.67. The summed E-state index contributed by atoms with van der Waals surface area (Å²) in [5.74, 6) is 0.00588. The van der Waals surface area contributed by atoms with Crippen LogP contribution >= 0.6 is 0 Å². The van der Waals surface area contributed by atoms with Crippen LogP contribution in [0, 0.1) is 5.92 Å². The Kier molecular flexibility index (Phi) is 7.50. The Morgan fingerprint density at radius 3 is 2.62 bits per heavy atom. The summed E-state index contributed by atoms with van der Waals surface area (Å²) >= 11 is 0. The Morgan fingerprint density at radius 1 is 1.09 bits per heavy atom. The van der Waals surface area contributed by atoms with Crippen LogP contribution in [0.1, 0.15) is 67.4 Å². The minimum Gasteiger partial charge on any atom is -0.496 e. The van der Waals surface area contributed by atoms with Gasteiger partial charge in [-0.15, -0.1) is 0 Å². The van der Waals surface area contributed by atoms with E-state index in [9.17, 15) is 14.4 Å². The van der Waals surface area contributed by atoms with Crippen LogP contribution < -0.4 is 15.4 Å². The second-order valence-electron chi connectivity index (χ2n) is 9.09. The van der Waals surface area contributed by atoms with E-state index >= 15 is 0 Å². The van der Waals surface area contributed by atoms with Gasteiger partial charge in [-0.2, -0.15) is 0 Å². The molecule has 1 heterocycles. The van der Waals surface area contributed by atoms with Crippen molar-refractivity contribution < 1.29 is 19.1 Å². The highest BCUT2D eigenvalue weighted by molar-refractivity contribution is 5.98. The standard InChI is InChI=1S/C27H33N3O4/c1-3-4-16-30-24(31)15-14-22(25(30)21-10-5-6-11-23(21)34-2)27(33)29-20-9-7-8-18(17-20)26(32)28-19-12-13-19/h5-11,17,19,22,25H,3-4,12-16H2,1-2H3,(H,28,32)(H,29,33)/t22-,25-/m1/s1. The maximum absolute atomic E-state index is 13.6. The fraction of sp³-hybridized carbons (Fsp3) is 0.444. The number of anilines is 1. The molecule has 2 aromatic carbocycles. The highest BCUT2D eigenvalue weighted by Crippen LogP contribution is 2.41. The van der Waals surface area contributed by atoms with Gasteiger partial charge in [0.15, 0.2) is 0 Å². The van der Waals surface area contributed by atoms with Crippen LogP contribution in [0.5, 0.6) is 5.75 Å². The Balaban J connectivity index is 1.59. The molecule has 0 aromatic heterocycles. The summed E-state index contributed by atoms with van der Waals surface area (Å²) in [7, 11) is 1.60. The van der Waals surface area contributed by atoms with Crippen molar-refractivity contribution >= 4 is 23.4 Å². The summed E-state index contributed by atoms with van der Waals surface area (Å²) in [5, 5.41) is 5.98. The first kappa shape index (κ1) is 23.8. The molecule has 2 aliphatic rings. The Labute approximate surface area is 200 Å². The van der Waals surface area contributed by atoms with E-state index in [1.165, 1.54) is 0 Å². The van der Waals surface area contributed by atoms with Crippen LogP contribution in [0.4, 0.5) is 5.69 Å². The first-order valence-corrected chi connectivity index (χ1v) is 12.2. The molecule has 180 valence electrons. The number of ether oxygens (including phenoxy) is 1. The second kappa shape index (κ2) is 10.7. The number of hydrogen-bond donors (Lipinski definition) is 2. The molecule has 2 N–H and O–H groups in total. The first-order valence-electron chi connectivity index (χ1n) is 12.2. The molecule has 7 heteroatoms. The molecule has 3 amide bonds. The van der Waals surface area contributed by atoms with Gasteiger partial charge >= 0.3 is 0 Å². The lowest BCUT2D eigenvalue weighted by Gasteiger charge is -2.41. The molecule has 0 unspecified atom stereocenters. The maximum Gasteiger partial charge on any atom is 0.251 e. The maximum atomic E-state index is 13.6. The summed E-state index contributed by atoms with van der Waals surface area (Å²) in [5.41, 5.74) is 1.94. The van der Waals surface area contributed by atoms with E-state index in [0.717, 1.165) is 31.2 Å².